The van der Waals surface area contributed by atoms with Gasteiger partial charge in [0.2, 0.25) is 5.91 Å². The third kappa shape index (κ3) is 4.77. The molecule has 1 amide bonds. The largest absolute Gasteiger partial charge is 0.352 e. The van der Waals surface area contributed by atoms with Gasteiger partial charge in [-0.3, -0.25) is 9.78 Å². The lowest BCUT2D eigenvalue weighted by Crippen LogP contribution is -2.32. The first kappa shape index (κ1) is 23.1. The van der Waals surface area contributed by atoms with Gasteiger partial charge in [-0.05, 0) is 61.3 Å². The fourth-order valence-corrected chi connectivity index (χ4v) is 5.04. The zero-order valence-corrected chi connectivity index (χ0v) is 20.7. The Kier molecular flexibility index (Phi) is 6.51. The number of thiocarbonyl (C=S) groups is 1. The number of amides is 1. The average Bonchev–Trinajstić information content (AvgIpc) is 3.48. The summed E-state index contributed by atoms with van der Waals surface area (Å²) >= 11 is 5.75. The fourth-order valence-electron chi connectivity index (χ4n) is 4.71. The predicted octanol–water partition coefficient (Wildman–Crippen LogP) is 5.62. The van der Waals surface area contributed by atoms with Gasteiger partial charge in [0, 0.05) is 48.7 Å². The molecule has 1 aliphatic rings. The zero-order chi connectivity index (χ0) is 24.4. The number of hydrogen-bond donors (Lipinski definition) is 2. The molecule has 6 nitrogen and oxygen atoms in total. The van der Waals surface area contributed by atoms with Crippen molar-refractivity contribution in [3.63, 3.8) is 0 Å². The number of carbonyl (C=O) groups excluding carboxylic acids is 1. The van der Waals surface area contributed by atoms with Gasteiger partial charge >= 0.3 is 0 Å². The normalized spacial score (nSPS) is 17.7. The van der Waals surface area contributed by atoms with Crippen LogP contribution in [-0.2, 0) is 4.79 Å². The number of benzene rings is 2. The number of nitrogens with one attached hydrogen (secondary N) is 2. The van der Waals surface area contributed by atoms with Gasteiger partial charge in [0.1, 0.15) is 0 Å². The van der Waals surface area contributed by atoms with Gasteiger partial charge in [-0.1, -0.05) is 42.5 Å². The van der Waals surface area contributed by atoms with Crippen LogP contribution in [0, 0.1) is 0 Å². The van der Waals surface area contributed by atoms with E-state index in [-0.39, 0.29) is 18.0 Å². The summed E-state index contributed by atoms with van der Waals surface area (Å²) in [5.74, 6) is -0.0380. The van der Waals surface area contributed by atoms with Crippen LogP contribution < -0.4 is 10.6 Å². The lowest BCUT2D eigenvalue weighted by molar-refractivity contribution is -0.116. The summed E-state index contributed by atoms with van der Waals surface area (Å²) in [6.07, 6.45) is 6.39. The average molecular weight is 484 g/mol. The third-order valence-corrected chi connectivity index (χ3v) is 6.87. The van der Waals surface area contributed by atoms with Crippen LogP contribution in [0.2, 0.25) is 0 Å². The molecule has 1 aliphatic heterocycles. The van der Waals surface area contributed by atoms with Crippen molar-refractivity contribution >= 4 is 39.7 Å². The molecule has 7 heteroatoms. The number of rotatable bonds is 7. The van der Waals surface area contributed by atoms with Gasteiger partial charge in [0.25, 0.3) is 0 Å². The molecule has 0 bridgehead atoms. The van der Waals surface area contributed by atoms with E-state index in [1.807, 2.05) is 60.7 Å². The Balaban J connectivity index is 1.36. The zero-order valence-electron chi connectivity index (χ0n) is 19.9. The maximum Gasteiger partial charge on any atom is 0.226 e. The highest BCUT2D eigenvalue weighted by Gasteiger charge is 2.40. The molecule has 0 aliphatic carbocycles. The molecule has 2 aromatic carbocycles. The van der Waals surface area contributed by atoms with E-state index in [0.29, 0.717) is 24.1 Å². The van der Waals surface area contributed by atoms with E-state index in [4.69, 9.17) is 12.2 Å². The Labute approximate surface area is 211 Å². The van der Waals surface area contributed by atoms with Gasteiger partial charge in [-0.15, -0.1) is 0 Å². The summed E-state index contributed by atoms with van der Waals surface area (Å²) in [4.78, 5) is 19.7. The minimum Gasteiger partial charge on any atom is -0.352 e. The minimum atomic E-state index is -0.0900. The van der Waals surface area contributed by atoms with Crippen LogP contribution in [0.5, 0.6) is 0 Å². The van der Waals surface area contributed by atoms with Crippen LogP contribution in [0.25, 0.3) is 10.8 Å². The van der Waals surface area contributed by atoms with Crippen molar-refractivity contribution < 1.29 is 4.79 Å². The molecule has 35 heavy (non-hydrogen) atoms. The minimum absolute atomic E-state index is 0.0380. The number of nitrogens with zero attached hydrogens (tertiary/aromatic N) is 3. The van der Waals surface area contributed by atoms with Crippen molar-refractivity contribution in [2.75, 3.05) is 11.9 Å². The molecule has 0 unspecified atom stereocenters. The number of anilines is 1. The number of pyridine rings is 1. The summed E-state index contributed by atoms with van der Waals surface area (Å²) < 4.78 is 2.19. The van der Waals surface area contributed by atoms with Gasteiger partial charge in [-0.25, -0.2) is 0 Å². The van der Waals surface area contributed by atoms with Crippen LogP contribution in [0.15, 0.2) is 85.3 Å². The molecule has 0 saturated carbocycles. The monoisotopic (exact) mass is 483 g/mol. The molecular formula is C28H29N5OS. The van der Waals surface area contributed by atoms with Crippen molar-refractivity contribution in [1.29, 1.82) is 0 Å². The topological polar surface area (TPSA) is 62.2 Å². The lowest BCUT2D eigenvalue weighted by atomic mass is 9.99. The van der Waals surface area contributed by atoms with E-state index in [1.165, 1.54) is 0 Å². The molecular weight excluding hydrogens is 454 g/mol. The molecule has 0 radical (unpaired) electrons. The van der Waals surface area contributed by atoms with Crippen LogP contribution in [0.1, 0.15) is 49.7 Å². The first-order valence-electron chi connectivity index (χ1n) is 11.9. The van der Waals surface area contributed by atoms with Crippen LogP contribution in [0.3, 0.4) is 0 Å². The van der Waals surface area contributed by atoms with E-state index >= 15 is 0 Å². The van der Waals surface area contributed by atoms with Gasteiger partial charge in [0.05, 0.1) is 17.8 Å². The first-order valence-corrected chi connectivity index (χ1v) is 12.3. The Morgan fingerprint density at radius 1 is 1.09 bits per heavy atom. The molecule has 5 rings (SSSR count). The van der Waals surface area contributed by atoms with E-state index in [2.05, 4.69) is 57.4 Å². The number of aromatic nitrogens is 2. The van der Waals surface area contributed by atoms with E-state index in [9.17, 15) is 4.79 Å². The van der Waals surface area contributed by atoms with Crippen molar-refractivity contribution in [2.45, 2.75) is 38.4 Å². The summed E-state index contributed by atoms with van der Waals surface area (Å²) in [6, 6.07) is 22.3. The highest BCUT2D eigenvalue weighted by Crippen LogP contribution is 2.39. The van der Waals surface area contributed by atoms with Gasteiger partial charge in [0.15, 0.2) is 5.11 Å². The maximum absolute atomic E-state index is 13.0. The van der Waals surface area contributed by atoms with E-state index in [1.54, 1.807) is 6.20 Å². The molecule has 2 atom stereocenters. The molecule has 178 valence electrons. The highest BCUT2D eigenvalue weighted by molar-refractivity contribution is 7.80. The lowest BCUT2D eigenvalue weighted by Gasteiger charge is -2.27. The maximum atomic E-state index is 13.0. The highest BCUT2D eigenvalue weighted by atomic mass is 32.1. The van der Waals surface area contributed by atoms with Crippen LogP contribution in [0.4, 0.5) is 5.69 Å². The molecule has 2 aromatic heterocycles. The van der Waals surface area contributed by atoms with Gasteiger partial charge in [-0.2, -0.15) is 0 Å². The molecule has 3 heterocycles. The third-order valence-electron chi connectivity index (χ3n) is 6.52. The quantitative estimate of drug-likeness (QED) is 0.334. The molecule has 1 saturated heterocycles. The SMILES string of the molecule is CC(C)n1ccc([C@@H]2[C@H](c3ccccn3)NC(=S)N2CCC(=O)Nc2cccc3ccccc23)c1. The molecule has 4 aromatic rings. The predicted molar refractivity (Wildman–Crippen MR) is 144 cm³/mol. The summed E-state index contributed by atoms with van der Waals surface area (Å²) in [5, 5.41) is 9.33. The van der Waals surface area contributed by atoms with E-state index < -0.39 is 0 Å². The van der Waals surface area contributed by atoms with E-state index in [0.717, 1.165) is 27.7 Å². The Morgan fingerprint density at radius 3 is 2.66 bits per heavy atom. The number of fused-ring (bicyclic) bond motifs is 1. The van der Waals surface area contributed by atoms with Crippen LogP contribution in [-0.4, -0.2) is 32.0 Å². The second-order valence-electron chi connectivity index (χ2n) is 9.13. The Morgan fingerprint density at radius 2 is 1.89 bits per heavy atom. The van der Waals surface area contributed by atoms with Crippen molar-refractivity contribution in [1.82, 2.24) is 19.8 Å². The number of hydrogen-bond acceptors (Lipinski definition) is 3. The fraction of sp³-hybridized carbons (Fsp3) is 0.250. The smallest absolute Gasteiger partial charge is 0.226 e. The summed E-state index contributed by atoms with van der Waals surface area (Å²) in [6.45, 7) is 4.82. The molecule has 1 fully saturated rings. The van der Waals surface area contributed by atoms with Gasteiger partial charge < -0.3 is 20.1 Å². The van der Waals surface area contributed by atoms with Crippen molar-refractivity contribution in [3.8, 4) is 0 Å². The molecule has 2 N–H and O–H groups in total. The second-order valence-corrected chi connectivity index (χ2v) is 9.52. The summed E-state index contributed by atoms with van der Waals surface area (Å²) in [5.41, 5.74) is 2.91. The summed E-state index contributed by atoms with van der Waals surface area (Å²) in [7, 11) is 0. The Hall–Kier alpha value is -3.71. The van der Waals surface area contributed by atoms with Crippen LogP contribution >= 0.6 is 12.2 Å². The molecule has 0 spiro atoms. The Bertz CT molecular complexity index is 1340. The number of carbonyl (C=O) groups is 1. The first-order chi connectivity index (χ1) is 17.0. The standard InChI is InChI=1S/C28H29N5OS/c1-19(2)32-16-13-21(18-32)27-26(24-11-5-6-15-29-24)31-28(35)33(27)17-14-25(34)30-23-12-7-9-20-8-3-4-10-22(20)23/h3-13,15-16,18-19,26-27H,14,17H2,1-2H3,(H,30,34)(H,31,35)/t26-,27+/m0/s1. The second kappa shape index (κ2) is 9.88. The van der Waals surface area contributed by atoms with Crippen molar-refractivity contribution in [3.05, 3.63) is 96.6 Å². The van der Waals surface area contributed by atoms with Crippen molar-refractivity contribution in [2.24, 2.45) is 0 Å².